The Kier molecular flexibility index (Phi) is 4.74. The predicted octanol–water partition coefficient (Wildman–Crippen LogP) is 2.57. The molecule has 0 aromatic heterocycles. The summed E-state index contributed by atoms with van der Waals surface area (Å²) in [5, 5.41) is 17.7. The maximum atomic E-state index is 11.0. The monoisotopic (exact) mass is 263 g/mol. The first-order valence-corrected chi connectivity index (χ1v) is 6.92. The van der Waals surface area contributed by atoms with E-state index in [1.54, 1.807) is 6.07 Å². The molecule has 1 atom stereocenters. The van der Waals surface area contributed by atoms with E-state index < -0.39 is 0 Å². The highest BCUT2D eigenvalue weighted by Crippen LogP contribution is 2.24. The van der Waals surface area contributed by atoms with Crippen LogP contribution in [-0.2, 0) is 6.42 Å². The standard InChI is InChI=1S/C14H21N3O2/c1-2-12-5-6-13(8-14(12)17(18)19)16-10-11-4-3-7-15-9-11/h5-6,8,11,15-16H,2-4,7,9-10H2,1H3. The lowest BCUT2D eigenvalue weighted by Crippen LogP contribution is -2.33. The van der Waals surface area contributed by atoms with Gasteiger partial charge in [0.15, 0.2) is 0 Å². The molecule has 0 bridgehead atoms. The summed E-state index contributed by atoms with van der Waals surface area (Å²) in [5.41, 5.74) is 1.85. The second-order valence-corrected chi connectivity index (χ2v) is 5.05. The number of nitro benzene ring substituents is 1. The lowest BCUT2D eigenvalue weighted by atomic mass is 9.99. The van der Waals surface area contributed by atoms with Crippen molar-refractivity contribution in [3.63, 3.8) is 0 Å². The fourth-order valence-corrected chi connectivity index (χ4v) is 2.50. The van der Waals surface area contributed by atoms with Crippen LogP contribution in [0, 0.1) is 16.0 Å². The van der Waals surface area contributed by atoms with E-state index in [1.807, 2.05) is 19.1 Å². The minimum atomic E-state index is -0.299. The lowest BCUT2D eigenvalue weighted by molar-refractivity contribution is -0.385. The van der Waals surface area contributed by atoms with Crippen molar-refractivity contribution in [2.75, 3.05) is 25.0 Å². The molecule has 1 aromatic rings. The molecule has 1 fully saturated rings. The average molecular weight is 263 g/mol. The lowest BCUT2D eigenvalue weighted by Gasteiger charge is -2.23. The highest BCUT2D eigenvalue weighted by atomic mass is 16.6. The molecule has 0 spiro atoms. The summed E-state index contributed by atoms with van der Waals surface area (Å²) in [5.74, 6) is 0.610. The summed E-state index contributed by atoms with van der Waals surface area (Å²) in [6, 6.07) is 5.43. The van der Waals surface area contributed by atoms with Crippen LogP contribution in [-0.4, -0.2) is 24.6 Å². The van der Waals surface area contributed by atoms with Gasteiger partial charge >= 0.3 is 0 Å². The number of benzene rings is 1. The van der Waals surface area contributed by atoms with Gasteiger partial charge in [-0.1, -0.05) is 13.0 Å². The van der Waals surface area contributed by atoms with Crippen molar-refractivity contribution in [2.45, 2.75) is 26.2 Å². The molecule has 0 amide bonds. The number of hydrogen-bond donors (Lipinski definition) is 2. The van der Waals surface area contributed by atoms with Gasteiger partial charge in [-0.25, -0.2) is 0 Å². The van der Waals surface area contributed by atoms with Gasteiger partial charge in [-0.15, -0.1) is 0 Å². The van der Waals surface area contributed by atoms with Gasteiger partial charge in [-0.3, -0.25) is 10.1 Å². The molecule has 0 aliphatic carbocycles. The van der Waals surface area contributed by atoms with E-state index >= 15 is 0 Å². The molecule has 1 aliphatic heterocycles. The van der Waals surface area contributed by atoms with E-state index in [0.717, 1.165) is 30.9 Å². The van der Waals surface area contributed by atoms with Gasteiger partial charge in [0.05, 0.1) is 4.92 Å². The van der Waals surface area contributed by atoms with Crippen molar-refractivity contribution in [2.24, 2.45) is 5.92 Å². The summed E-state index contributed by atoms with van der Waals surface area (Å²) >= 11 is 0. The molecule has 1 aromatic carbocycles. The van der Waals surface area contributed by atoms with E-state index in [2.05, 4.69) is 10.6 Å². The molecule has 2 N–H and O–H groups in total. The van der Waals surface area contributed by atoms with Crippen LogP contribution < -0.4 is 10.6 Å². The maximum Gasteiger partial charge on any atom is 0.274 e. The first-order valence-electron chi connectivity index (χ1n) is 6.92. The minimum Gasteiger partial charge on any atom is -0.385 e. The summed E-state index contributed by atoms with van der Waals surface area (Å²) in [6.07, 6.45) is 3.11. The molecule has 1 unspecified atom stereocenters. The van der Waals surface area contributed by atoms with Crippen molar-refractivity contribution in [3.05, 3.63) is 33.9 Å². The van der Waals surface area contributed by atoms with Crippen molar-refractivity contribution in [1.29, 1.82) is 0 Å². The van der Waals surface area contributed by atoms with Gasteiger partial charge < -0.3 is 10.6 Å². The van der Waals surface area contributed by atoms with E-state index in [4.69, 9.17) is 0 Å². The SMILES string of the molecule is CCc1ccc(NCC2CCCNC2)cc1[N+](=O)[O-]. The first kappa shape index (κ1) is 13.8. The Morgan fingerprint density at radius 1 is 1.53 bits per heavy atom. The molecule has 5 nitrogen and oxygen atoms in total. The molecule has 1 aliphatic rings. The zero-order valence-corrected chi connectivity index (χ0v) is 11.3. The van der Waals surface area contributed by atoms with E-state index in [0.29, 0.717) is 12.3 Å². The first-order chi connectivity index (χ1) is 9.20. The normalized spacial score (nSPS) is 19.1. The quantitative estimate of drug-likeness (QED) is 0.633. The third kappa shape index (κ3) is 3.67. The third-order valence-corrected chi connectivity index (χ3v) is 3.66. The molecule has 2 rings (SSSR count). The Morgan fingerprint density at radius 3 is 3.00 bits per heavy atom. The van der Waals surface area contributed by atoms with E-state index in [1.165, 1.54) is 12.8 Å². The summed E-state index contributed by atoms with van der Waals surface area (Å²) in [7, 11) is 0. The summed E-state index contributed by atoms with van der Waals surface area (Å²) in [6.45, 7) is 4.94. The maximum absolute atomic E-state index is 11.0. The van der Waals surface area contributed by atoms with Crippen LogP contribution in [0.2, 0.25) is 0 Å². The largest absolute Gasteiger partial charge is 0.385 e. The second-order valence-electron chi connectivity index (χ2n) is 5.05. The van der Waals surface area contributed by atoms with Crippen LogP contribution in [0.25, 0.3) is 0 Å². The Balaban J connectivity index is 2.00. The van der Waals surface area contributed by atoms with Crippen LogP contribution in [0.3, 0.4) is 0 Å². The van der Waals surface area contributed by atoms with Crippen LogP contribution in [0.4, 0.5) is 11.4 Å². The van der Waals surface area contributed by atoms with Gasteiger partial charge in [0, 0.05) is 23.9 Å². The Hall–Kier alpha value is -1.62. The number of piperidine rings is 1. The summed E-state index contributed by atoms with van der Waals surface area (Å²) < 4.78 is 0. The van der Waals surface area contributed by atoms with Gasteiger partial charge in [0.2, 0.25) is 0 Å². The van der Waals surface area contributed by atoms with E-state index in [9.17, 15) is 10.1 Å². The van der Waals surface area contributed by atoms with Gasteiger partial charge in [0.1, 0.15) is 0 Å². The van der Waals surface area contributed by atoms with Crippen LogP contribution >= 0.6 is 0 Å². The zero-order valence-electron chi connectivity index (χ0n) is 11.3. The number of nitrogens with zero attached hydrogens (tertiary/aromatic N) is 1. The molecule has 19 heavy (non-hydrogen) atoms. The smallest absolute Gasteiger partial charge is 0.274 e. The third-order valence-electron chi connectivity index (χ3n) is 3.66. The Labute approximate surface area is 113 Å². The molecule has 5 heteroatoms. The van der Waals surface area contributed by atoms with E-state index in [-0.39, 0.29) is 10.6 Å². The van der Waals surface area contributed by atoms with Gasteiger partial charge in [-0.2, -0.15) is 0 Å². The summed E-state index contributed by atoms with van der Waals surface area (Å²) in [4.78, 5) is 10.7. The van der Waals surface area contributed by atoms with Crippen molar-refractivity contribution < 1.29 is 4.92 Å². The molecule has 104 valence electrons. The van der Waals surface area contributed by atoms with Crippen LogP contribution in [0.15, 0.2) is 18.2 Å². The zero-order chi connectivity index (χ0) is 13.7. The molecular formula is C14H21N3O2. The topological polar surface area (TPSA) is 67.2 Å². The predicted molar refractivity (Wildman–Crippen MR) is 76.6 cm³/mol. The number of anilines is 1. The molecule has 0 radical (unpaired) electrons. The Morgan fingerprint density at radius 2 is 2.37 bits per heavy atom. The molecule has 0 saturated carbocycles. The Bertz CT molecular complexity index is 442. The second kappa shape index (κ2) is 6.52. The number of nitrogens with one attached hydrogen (secondary N) is 2. The number of rotatable bonds is 5. The molecular weight excluding hydrogens is 242 g/mol. The average Bonchev–Trinajstić information content (AvgIpc) is 2.46. The fraction of sp³-hybridized carbons (Fsp3) is 0.571. The van der Waals surface area contributed by atoms with Crippen molar-refractivity contribution in [1.82, 2.24) is 5.32 Å². The fourth-order valence-electron chi connectivity index (χ4n) is 2.50. The van der Waals surface area contributed by atoms with Crippen molar-refractivity contribution in [3.8, 4) is 0 Å². The number of hydrogen-bond acceptors (Lipinski definition) is 4. The van der Waals surface area contributed by atoms with Crippen LogP contribution in [0.1, 0.15) is 25.3 Å². The van der Waals surface area contributed by atoms with Crippen LogP contribution in [0.5, 0.6) is 0 Å². The van der Waals surface area contributed by atoms with Gasteiger partial charge in [0.25, 0.3) is 5.69 Å². The highest BCUT2D eigenvalue weighted by molar-refractivity contribution is 5.55. The molecule has 1 heterocycles. The molecule has 1 saturated heterocycles. The van der Waals surface area contributed by atoms with Crippen molar-refractivity contribution >= 4 is 11.4 Å². The number of aryl methyl sites for hydroxylation is 1. The highest BCUT2D eigenvalue weighted by Gasteiger charge is 2.15. The number of nitro groups is 1. The van der Waals surface area contributed by atoms with Gasteiger partial charge in [-0.05, 0) is 44.3 Å². The minimum absolute atomic E-state index is 0.217.